The van der Waals surface area contributed by atoms with E-state index in [0.29, 0.717) is 0 Å². The molecule has 0 spiro atoms. The second kappa shape index (κ2) is 4.90. The third-order valence-corrected chi connectivity index (χ3v) is 3.40. The highest BCUT2D eigenvalue weighted by Gasteiger charge is 2.11. The van der Waals surface area contributed by atoms with Gasteiger partial charge in [0, 0.05) is 0 Å². The molecule has 0 aliphatic rings. The Bertz CT molecular complexity index is 699. The number of hydrogen-bond donors (Lipinski definition) is 1. The molecule has 2 nitrogen and oxygen atoms in total. The molecule has 1 aromatic heterocycles. The van der Waals surface area contributed by atoms with Crippen LogP contribution in [-0.4, -0.2) is 0 Å². The summed E-state index contributed by atoms with van der Waals surface area (Å²) in [5.41, 5.74) is 7.43. The van der Waals surface area contributed by atoms with Crippen molar-refractivity contribution in [3.05, 3.63) is 71.7 Å². The minimum Gasteiger partial charge on any atom is -0.465 e. The fourth-order valence-corrected chi connectivity index (χ4v) is 2.37. The Balaban J connectivity index is 1.84. The predicted molar refractivity (Wildman–Crippen MR) is 78.0 cm³/mol. The number of benzene rings is 2. The standard InChI is InChI=1S/C17H17NO/c1-12-6-9-17(19-12)16(18)11-13-7-8-14-4-2-3-5-15(14)10-13/h2-10,16H,11,18H2,1H3. The SMILES string of the molecule is Cc1ccc(C(N)Cc2ccc3ccccc3c2)o1. The van der Waals surface area contributed by atoms with E-state index in [2.05, 4.69) is 42.5 Å². The molecule has 96 valence electrons. The Morgan fingerprint density at radius 3 is 2.53 bits per heavy atom. The zero-order valence-electron chi connectivity index (χ0n) is 11.0. The molecular formula is C17H17NO. The van der Waals surface area contributed by atoms with Gasteiger partial charge in [0.05, 0.1) is 6.04 Å². The lowest BCUT2D eigenvalue weighted by molar-refractivity contribution is 0.445. The quantitative estimate of drug-likeness (QED) is 0.764. The summed E-state index contributed by atoms with van der Waals surface area (Å²) in [4.78, 5) is 0. The molecule has 3 rings (SSSR count). The van der Waals surface area contributed by atoms with Crippen molar-refractivity contribution in [2.75, 3.05) is 0 Å². The average Bonchev–Trinajstić information content (AvgIpc) is 2.85. The van der Waals surface area contributed by atoms with Gasteiger partial charge in [-0.3, -0.25) is 0 Å². The molecule has 2 heteroatoms. The molecule has 19 heavy (non-hydrogen) atoms. The molecule has 1 unspecified atom stereocenters. The average molecular weight is 251 g/mol. The van der Waals surface area contributed by atoms with E-state index in [-0.39, 0.29) is 6.04 Å². The molecule has 0 saturated carbocycles. The first kappa shape index (κ1) is 12.0. The fourth-order valence-electron chi connectivity index (χ4n) is 2.37. The third-order valence-electron chi connectivity index (χ3n) is 3.40. The maximum Gasteiger partial charge on any atom is 0.121 e. The zero-order valence-corrected chi connectivity index (χ0v) is 11.0. The molecule has 0 amide bonds. The minimum absolute atomic E-state index is 0.0881. The Hall–Kier alpha value is -2.06. The third kappa shape index (κ3) is 2.54. The molecule has 1 atom stereocenters. The Morgan fingerprint density at radius 2 is 1.79 bits per heavy atom. The summed E-state index contributed by atoms with van der Waals surface area (Å²) in [6.45, 7) is 1.94. The van der Waals surface area contributed by atoms with Crippen molar-refractivity contribution in [1.82, 2.24) is 0 Å². The maximum absolute atomic E-state index is 6.19. The second-order valence-electron chi connectivity index (χ2n) is 4.94. The maximum atomic E-state index is 6.19. The molecule has 0 aliphatic heterocycles. The molecule has 3 aromatic rings. The van der Waals surface area contributed by atoms with E-state index in [1.165, 1.54) is 16.3 Å². The van der Waals surface area contributed by atoms with Gasteiger partial charge in [-0.15, -0.1) is 0 Å². The molecule has 2 N–H and O–H groups in total. The van der Waals surface area contributed by atoms with Gasteiger partial charge in [-0.2, -0.15) is 0 Å². The summed E-state index contributed by atoms with van der Waals surface area (Å²) >= 11 is 0. The van der Waals surface area contributed by atoms with E-state index < -0.39 is 0 Å². The van der Waals surface area contributed by atoms with Crippen LogP contribution < -0.4 is 5.73 Å². The van der Waals surface area contributed by atoms with Gasteiger partial charge in [0.25, 0.3) is 0 Å². The van der Waals surface area contributed by atoms with Gasteiger partial charge >= 0.3 is 0 Å². The van der Waals surface area contributed by atoms with Gasteiger partial charge in [0.1, 0.15) is 11.5 Å². The second-order valence-corrected chi connectivity index (χ2v) is 4.94. The molecule has 2 aromatic carbocycles. The van der Waals surface area contributed by atoms with Crippen LogP contribution in [0.2, 0.25) is 0 Å². The van der Waals surface area contributed by atoms with Crippen LogP contribution in [0.3, 0.4) is 0 Å². The predicted octanol–water partition coefficient (Wildman–Crippen LogP) is 3.98. The number of furan rings is 1. The molecule has 0 radical (unpaired) electrons. The van der Waals surface area contributed by atoms with Crippen LogP contribution in [0.1, 0.15) is 23.1 Å². The lowest BCUT2D eigenvalue weighted by Crippen LogP contribution is -2.12. The highest BCUT2D eigenvalue weighted by Crippen LogP contribution is 2.21. The van der Waals surface area contributed by atoms with Gasteiger partial charge in [0.15, 0.2) is 0 Å². The minimum atomic E-state index is -0.0881. The van der Waals surface area contributed by atoms with E-state index in [1.807, 2.05) is 19.1 Å². The molecular weight excluding hydrogens is 234 g/mol. The summed E-state index contributed by atoms with van der Waals surface area (Å²) in [5.74, 6) is 1.76. The Kier molecular flexibility index (Phi) is 3.10. The smallest absolute Gasteiger partial charge is 0.121 e. The first-order valence-corrected chi connectivity index (χ1v) is 6.52. The van der Waals surface area contributed by atoms with Crippen LogP contribution in [-0.2, 0) is 6.42 Å². The van der Waals surface area contributed by atoms with Crippen molar-refractivity contribution in [2.45, 2.75) is 19.4 Å². The Morgan fingerprint density at radius 1 is 1.00 bits per heavy atom. The number of aryl methyl sites for hydroxylation is 1. The van der Waals surface area contributed by atoms with Gasteiger partial charge < -0.3 is 10.2 Å². The van der Waals surface area contributed by atoms with E-state index in [1.54, 1.807) is 0 Å². The largest absolute Gasteiger partial charge is 0.465 e. The van der Waals surface area contributed by atoms with Gasteiger partial charge in [-0.25, -0.2) is 0 Å². The number of rotatable bonds is 3. The molecule has 0 bridgehead atoms. The highest BCUT2D eigenvalue weighted by molar-refractivity contribution is 5.82. The van der Waals surface area contributed by atoms with Crippen molar-refractivity contribution in [2.24, 2.45) is 5.73 Å². The normalized spacial score (nSPS) is 12.7. The molecule has 1 heterocycles. The van der Waals surface area contributed by atoms with Crippen molar-refractivity contribution in [1.29, 1.82) is 0 Å². The summed E-state index contributed by atoms with van der Waals surface area (Å²) in [6.07, 6.45) is 0.789. The molecule has 0 fully saturated rings. The van der Waals surface area contributed by atoms with Crippen molar-refractivity contribution < 1.29 is 4.42 Å². The first-order valence-electron chi connectivity index (χ1n) is 6.52. The van der Waals surface area contributed by atoms with E-state index in [4.69, 9.17) is 10.2 Å². The first-order chi connectivity index (χ1) is 9.22. The van der Waals surface area contributed by atoms with Crippen molar-refractivity contribution in [3.8, 4) is 0 Å². The lowest BCUT2D eigenvalue weighted by Gasteiger charge is -2.09. The van der Waals surface area contributed by atoms with E-state index >= 15 is 0 Å². The summed E-state index contributed by atoms with van der Waals surface area (Å²) in [7, 11) is 0. The monoisotopic (exact) mass is 251 g/mol. The summed E-state index contributed by atoms with van der Waals surface area (Å²) < 4.78 is 5.58. The fraction of sp³-hybridized carbons (Fsp3) is 0.176. The van der Waals surface area contributed by atoms with Crippen LogP contribution in [0.25, 0.3) is 10.8 Å². The molecule has 0 saturated heterocycles. The lowest BCUT2D eigenvalue weighted by atomic mass is 10.0. The number of fused-ring (bicyclic) bond motifs is 1. The Labute approximate surface area is 112 Å². The zero-order chi connectivity index (χ0) is 13.2. The van der Waals surface area contributed by atoms with Gasteiger partial charge in [-0.1, -0.05) is 42.5 Å². The van der Waals surface area contributed by atoms with Gasteiger partial charge in [-0.05, 0) is 41.8 Å². The van der Waals surface area contributed by atoms with Crippen molar-refractivity contribution >= 4 is 10.8 Å². The van der Waals surface area contributed by atoms with E-state index in [0.717, 1.165) is 17.9 Å². The van der Waals surface area contributed by atoms with Crippen molar-refractivity contribution in [3.63, 3.8) is 0 Å². The van der Waals surface area contributed by atoms with Crippen LogP contribution in [0.5, 0.6) is 0 Å². The number of hydrogen-bond acceptors (Lipinski definition) is 2. The van der Waals surface area contributed by atoms with Crippen LogP contribution in [0.15, 0.2) is 59.0 Å². The van der Waals surface area contributed by atoms with Crippen LogP contribution >= 0.6 is 0 Å². The highest BCUT2D eigenvalue weighted by atomic mass is 16.3. The number of nitrogens with two attached hydrogens (primary N) is 1. The van der Waals surface area contributed by atoms with Gasteiger partial charge in [0.2, 0.25) is 0 Å². The van der Waals surface area contributed by atoms with E-state index in [9.17, 15) is 0 Å². The summed E-state index contributed by atoms with van der Waals surface area (Å²) in [6, 6.07) is 18.7. The van der Waals surface area contributed by atoms with Crippen LogP contribution in [0.4, 0.5) is 0 Å². The molecule has 0 aliphatic carbocycles. The van der Waals surface area contributed by atoms with Crippen LogP contribution in [0, 0.1) is 6.92 Å². The summed E-state index contributed by atoms with van der Waals surface area (Å²) in [5, 5.41) is 2.51. The topological polar surface area (TPSA) is 39.2 Å².